The van der Waals surface area contributed by atoms with Crippen molar-refractivity contribution in [2.45, 2.75) is 13.0 Å². The summed E-state index contributed by atoms with van der Waals surface area (Å²) >= 11 is 0. The first-order valence-electron chi connectivity index (χ1n) is 10.2. The summed E-state index contributed by atoms with van der Waals surface area (Å²) in [6.45, 7) is 1.81. The third-order valence-corrected chi connectivity index (χ3v) is 5.41. The zero-order chi connectivity index (χ0) is 22.7. The van der Waals surface area contributed by atoms with Crippen LogP contribution in [-0.2, 0) is 4.79 Å². The molecule has 4 aromatic rings. The number of carbonyl (C=O) groups excluding carboxylic acids is 1. The van der Waals surface area contributed by atoms with Crippen molar-refractivity contribution >= 4 is 22.9 Å². The highest BCUT2D eigenvalue weighted by Gasteiger charge is 2.23. The second-order valence-electron chi connectivity index (χ2n) is 7.47. The van der Waals surface area contributed by atoms with E-state index in [1.807, 2.05) is 43.3 Å². The Labute approximate surface area is 185 Å². The lowest BCUT2D eigenvalue weighted by Gasteiger charge is -2.26. The molecular formula is C26H22FN3O2. The van der Waals surface area contributed by atoms with Crippen LogP contribution in [0.1, 0.15) is 24.4 Å². The van der Waals surface area contributed by atoms with E-state index < -0.39 is 11.9 Å². The van der Waals surface area contributed by atoms with Crippen LogP contribution in [0, 0.1) is 5.82 Å². The molecule has 3 aromatic carbocycles. The molecular weight excluding hydrogens is 405 g/mol. The van der Waals surface area contributed by atoms with Crippen molar-refractivity contribution in [1.29, 1.82) is 0 Å². The van der Waals surface area contributed by atoms with Crippen molar-refractivity contribution in [3.63, 3.8) is 0 Å². The molecule has 0 saturated carbocycles. The van der Waals surface area contributed by atoms with Crippen LogP contribution in [0.25, 0.3) is 22.7 Å². The number of amides is 1. The van der Waals surface area contributed by atoms with Gasteiger partial charge < -0.3 is 4.90 Å². The van der Waals surface area contributed by atoms with Crippen LogP contribution in [0.15, 0.2) is 89.7 Å². The lowest BCUT2D eigenvalue weighted by atomic mass is 10.1. The second-order valence-corrected chi connectivity index (χ2v) is 7.47. The summed E-state index contributed by atoms with van der Waals surface area (Å²) in [5.41, 5.74) is 1.66. The van der Waals surface area contributed by atoms with Gasteiger partial charge in [-0.25, -0.2) is 9.37 Å². The molecule has 1 atom stereocenters. The number of carbonyl (C=O) groups is 1. The van der Waals surface area contributed by atoms with Gasteiger partial charge in [-0.2, -0.15) is 0 Å². The summed E-state index contributed by atoms with van der Waals surface area (Å²) in [6.07, 6.45) is 3.24. The van der Waals surface area contributed by atoms with Crippen molar-refractivity contribution in [1.82, 2.24) is 14.5 Å². The Balaban J connectivity index is 1.77. The van der Waals surface area contributed by atoms with Gasteiger partial charge in [-0.3, -0.25) is 14.2 Å². The number of halogens is 1. The van der Waals surface area contributed by atoms with Crippen LogP contribution >= 0.6 is 0 Å². The molecule has 0 fully saturated rings. The Kier molecular flexibility index (Phi) is 5.94. The Morgan fingerprint density at radius 2 is 1.66 bits per heavy atom. The van der Waals surface area contributed by atoms with Gasteiger partial charge in [0.1, 0.15) is 11.6 Å². The minimum Gasteiger partial charge on any atom is -0.332 e. The molecule has 0 aliphatic heterocycles. The molecule has 0 N–H and O–H groups in total. The van der Waals surface area contributed by atoms with Gasteiger partial charge in [-0.15, -0.1) is 0 Å². The number of rotatable bonds is 5. The van der Waals surface area contributed by atoms with Crippen LogP contribution in [0.2, 0.25) is 0 Å². The summed E-state index contributed by atoms with van der Waals surface area (Å²) < 4.78 is 15.0. The molecule has 160 valence electrons. The summed E-state index contributed by atoms with van der Waals surface area (Å²) in [5.74, 6) is -0.234. The standard InChI is InChI=1S/C26H22FN3O2/c1-18(29(2)24(31)17-12-19-8-4-3-5-9-19)25-28-23-11-7-6-10-22(23)26(32)30(25)21-15-13-20(27)14-16-21/h3-18H,1-2H3/b17-12+. The molecule has 1 unspecified atom stereocenters. The van der Waals surface area contributed by atoms with E-state index in [0.717, 1.165) is 5.56 Å². The second kappa shape index (κ2) is 8.98. The first kappa shape index (κ1) is 21.2. The fraction of sp³-hybridized carbons (Fsp3) is 0.115. The van der Waals surface area contributed by atoms with Crippen LogP contribution in [0.5, 0.6) is 0 Å². The average Bonchev–Trinajstić information content (AvgIpc) is 2.83. The van der Waals surface area contributed by atoms with Gasteiger partial charge in [0.2, 0.25) is 5.91 Å². The monoisotopic (exact) mass is 427 g/mol. The van der Waals surface area contributed by atoms with E-state index in [4.69, 9.17) is 4.98 Å². The van der Waals surface area contributed by atoms with Gasteiger partial charge in [0.05, 0.1) is 22.6 Å². The predicted molar refractivity (Wildman–Crippen MR) is 124 cm³/mol. The highest BCUT2D eigenvalue weighted by atomic mass is 19.1. The summed E-state index contributed by atoms with van der Waals surface area (Å²) in [6, 6.07) is 21.7. The molecule has 0 spiro atoms. The molecule has 0 aliphatic carbocycles. The number of nitrogens with zero attached hydrogens (tertiary/aromatic N) is 3. The molecule has 0 radical (unpaired) electrons. The van der Waals surface area contributed by atoms with E-state index >= 15 is 0 Å². The number of hydrogen-bond acceptors (Lipinski definition) is 3. The molecule has 0 aliphatic rings. The van der Waals surface area contributed by atoms with Crippen molar-refractivity contribution < 1.29 is 9.18 Å². The van der Waals surface area contributed by atoms with Crippen LogP contribution in [0.4, 0.5) is 4.39 Å². The van der Waals surface area contributed by atoms with Gasteiger partial charge >= 0.3 is 0 Å². The maximum atomic E-state index is 13.5. The van der Waals surface area contributed by atoms with Crippen LogP contribution < -0.4 is 5.56 Å². The number of fused-ring (bicyclic) bond motifs is 1. The topological polar surface area (TPSA) is 55.2 Å². The van der Waals surface area contributed by atoms with Gasteiger partial charge in [-0.05, 0) is 55.0 Å². The van der Waals surface area contributed by atoms with Crippen molar-refractivity contribution in [3.8, 4) is 5.69 Å². The average molecular weight is 427 g/mol. The smallest absolute Gasteiger partial charge is 0.266 e. The van der Waals surface area contributed by atoms with Gasteiger partial charge in [0.25, 0.3) is 5.56 Å². The highest BCUT2D eigenvalue weighted by molar-refractivity contribution is 5.91. The van der Waals surface area contributed by atoms with Crippen molar-refractivity contribution in [3.05, 3.63) is 112 Å². The van der Waals surface area contributed by atoms with Gasteiger partial charge in [-0.1, -0.05) is 42.5 Å². The SMILES string of the molecule is CC(c1nc2ccccc2c(=O)n1-c1ccc(F)cc1)N(C)C(=O)/C=C/c1ccccc1. The molecule has 32 heavy (non-hydrogen) atoms. The fourth-order valence-electron chi connectivity index (χ4n) is 3.48. The zero-order valence-corrected chi connectivity index (χ0v) is 17.8. The molecule has 4 rings (SSSR count). The van der Waals surface area contributed by atoms with E-state index in [-0.39, 0.29) is 11.5 Å². The Hall–Kier alpha value is -4.06. The summed E-state index contributed by atoms with van der Waals surface area (Å²) in [5, 5.41) is 0.450. The van der Waals surface area contributed by atoms with E-state index in [2.05, 4.69) is 0 Å². The number of para-hydroxylation sites is 1. The zero-order valence-electron chi connectivity index (χ0n) is 17.8. The number of aromatic nitrogens is 2. The Morgan fingerprint density at radius 1 is 1.00 bits per heavy atom. The summed E-state index contributed by atoms with van der Waals surface area (Å²) in [4.78, 5) is 32.4. The first-order chi connectivity index (χ1) is 15.5. The third-order valence-electron chi connectivity index (χ3n) is 5.41. The largest absolute Gasteiger partial charge is 0.332 e. The maximum absolute atomic E-state index is 13.5. The van der Waals surface area contributed by atoms with Crippen LogP contribution in [-0.4, -0.2) is 27.4 Å². The molecule has 1 aromatic heterocycles. The highest BCUT2D eigenvalue weighted by Crippen LogP contribution is 2.22. The predicted octanol–water partition coefficient (Wildman–Crippen LogP) is 4.76. The van der Waals surface area contributed by atoms with E-state index in [1.54, 1.807) is 31.3 Å². The molecule has 6 heteroatoms. The van der Waals surface area contributed by atoms with E-state index in [9.17, 15) is 14.0 Å². The molecule has 0 bridgehead atoms. The summed E-state index contributed by atoms with van der Waals surface area (Å²) in [7, 11) is 1.67. The van der Waals surface area contributed by atoms with Crippen LogP contribution in [0.3, 0.4) is 0 Å². The number of hydrogen-bond donors (Lipinski definition) is 0. The van der Waals surface area contributed by atoms with Crippen molar-refractivity contribution in [2.75, 3.05) is 7.05 Å². The third kappa shape index (κ3) is 4.21. The molecule has 5 nitrogen and oxygen atoms in total. The van der Waals surface area contributed by atoms with Gasteiger partial charge in [0.15, 0.2) is 0 Å². The Morgan fingerprint density at radius 3 is 2.38 bits per heavy atom. The quantitative estimate of drug-likeness (QED) is 0.432. The number of benzene rings is 3. The minimum atomic E-state index is -0.523. The lowest BCUT2D eigenvalue weighted by Crippen LogP contribution is -2.34. The lowest BCUT2D eigenvalue weighted by molar-refractivity contribution is -0.126. The fourth-order valence-corrected chi connectivity index (χ4v) is 3.48. The molecule has 0 saturated heterocycles. The number of likely N-dealkylation sites (N-methyl/N-ethyl adjacent to an activating group) is 1. The van der Waals surface area contributed by atoms with E-state index in [0.29, 0.717) is 22.4 Å². The first-order valence-corrected chi connectivity index (χ1v) is 10.2. The van der Waals surface area contributed by atoms with Gasteiger partial charge in [0, 0.05) is 13.1 Å². The van der Waals surface area contributed by atoms with E-state index in [1.165, 1.54) is 39.8 Å². The van der Waals surface area contributed by atoms with Crippen molar-refractivity contribution in [2.24, 2.45) is 0 Å². The molecule has 1 amide bonds. The minimum absolute atomic E-state index is 0.227. The normalized spacial score (nSPS) is 12.2. The Bertz CT molecular complexity index is 1350. The molecule has 1 heterocycles. The maximum Gasteiger partial charge on any atom is 0.266 e.